The number of carbonyl (C=O) groups is 4. The number of amides is 2. The van der Waals surface area contributed by atoms with Crippen LogP contribution < -0.4 is 22.1 Å². The lowest BCUT2D eigenvalue weighted by atomic mass is 10.2. The minimum Gasteiger partial charge on any atom is -0.480 e. The SMILES string of the molecule is C.CC.CC(C)(C)OC(=O)NC(CN)C(=O)O.COC(=O)C(CN)NC(=O)OC(C)(C)C. The lowest BCUT2D eigenvalue weighted by Crippen LogP contribution is -2.48. The van der Waals surface area contributed by atoms with Gasteiger partial charge >= 0.3 is 24.1 Å². The molecule has 0 aliphatic carbocycles. The summed E-state index contributed by atoms with van der Waals surface area (Å²) >= 11 is 0. The number of aliphatic carboxylic acids is 1. The Labute approximate surface area is 191 Å². The highest BCUT2D eigenvalue weighted by Crippen LogP contribution is 2.07. The molecule has 0 aromatic rings. The van der Waals surface area contributed by atoms with Gasteiger partial charge in [0.05, 0.1) is 7.11 Å². The van der Waals surface area contributed by atoms with E-state index in [1.54, 1.807) is 41.5 Å². The first-order valence-corrected chi connectivity index (χ1v) is 9.76. The second-order valence-corrected chi connectivity index (χ2v) is 7.73. The molecule has 0 saturated heterocycles. The average Bonchev–Trinajstić information content (AvgIpc) is 2.62. The van der Waals surface area contributed by atoms with E-state index in [4.69, 9.17) is 26.0 Å². The summed E-state index contributed by atoms with van der Waals surface area (Å²) in [5.74, 6) is -1.78. The number of carboxylic acid groups (broad SMARTS) is 1. The topological polar surface area (TPSA) is 192 Å². The molecular weight excluding hydrogens is 424 g/mol. The van der Waals surface area contributed by atoms with E-state index in [1.807, 2.05) is 13.8 Å². The smallest absolute Gasteiger partial charge is 0.408 e. The highest BCUT2D eigenvalue weighted by molar-refractivity contribution is 5.81. The molecule has 2 atom stereocenters. The first-order chi connectivity index (χ1) is 14.1. The predicted octanol–water partition coefficient (Wildman–Crippen LogP) is 1.60. The second kappa shape index (κ2) is 18.0. The van der Waals surface area contributed by atoms with Crippen LogP contribution in [0.2, 0.25) is 0 Å². The van der Waals surface area contributed by atoms with E-state index >= 15 is 0 Å². The Kier molecular flexibility index (Phi) is 20.7. The number of alkyl carbamates (subject to hydrolysis) is 2. The molecule has 0 heterocycles. The number of nitrogens with one attached hydrogen (secondary N) is 2. The molecule has 0 saturated carbocycles. The van der Waals surface area contributed by atoms with Crippen molar-refractivity contribution in [2.45, 2.75) is 86.1 Å². The summed E-state index contributed by atoms with van der Waals surface area (Å²) in [6.45, 7) is 14.0. The van der Waals surface area contributed by atoms with E-state index in [0.29, 0.717) is 0 Å². The Morgan fingerprint density at radius 1 is 0.812 bits per heavy atom. The number of rotatable bonds is 6. The molecule has 0 spiro atoms. The van der Waals surface area contributed by atoms with Crippen LogP contribution in [0.15, 0.2) is 0 Å². The van der Waals surface area contributed by atoms with Crippen LogP contribution in [-0.2, 0) is 23.8 Å². The summed E-state index contributed by atoms with van der Waals surface area (Å²) < 4.78 is 14.2. The van der Waals surface area contributed by atoms with Gasteiger partial charge in [-0.15, -0.1) is 0 Å². The molecule has 0 aromatic carbocycles. The van der Waals surface area contributed by atoms with Crippen LogP contribution in [0.4, 0.5) is 9.59 Å². The monoisotopic (exact) mass is 468 g/mol. The van der Waals surface area contributed by atoms with E-state index in [9.17, 15) is 19.2 Å². The normalized spacial score (nSPS) is 12.0. The molecule has 0 aliphatic rings. The van der Waals surface area contributed by atoms with Gasteiger partial charge in [-0.25, -0.2) is 19.2 Å². The van der Waals surface area contributed by atoms with Crippen molar-refractivity contribution >= 4 is 24.1 Å². The summed E-state index contributed by atoms with van der Waals surface area (Å²) in [6, 6.07) is -1.98. The largest absolute Gasteiger partial charge is 0.480 e. The van der Waals surface area contributed by atoms with Gasteiger partial charge in [-0.3, -0.25) is 0 Å². The standard InChI is InChI=1S/C9H18N2O4.C8H16N2O4.C2H6.CH4/c1-9(2,3)15-8(13)11-6(5-10)7(12)14-4;1-8(2,3)14-7(13)10-5(4-9)6(11)12;1-2;/h6H,5,10H2,1-4H3,(H,11,13);5H,4,9H2,1-3H3,(H,10,13)(H,11,12);1-2H3;1H4. The number of hydrogen-bond acceptors (Lipinski definition) is 9. The first-order valence-electron chi connectivity index (χ1n) is 9.76. The van der Waals surface area contributed by atoms with Gasteiger partial charge in [0, 0.05) is 13.1 Å². The van der Waals surface area contributed by atoms with Crippen molar-refractivity contribution in [3.05, 3.63) is 0 Å². The summed E-state index contributed by atoms with van der Waals surface area (Å²) in [5.41, 5.74) is 9.16. The third kappa shape index (κ3) is 22.1. The fourth-order valence-electron chi connectivity index (χ4n) is 1.48. The number of nitrogens with two attached hydrogens (primary N) is 2. The molecule has 0 rings (SSSR count). The molecule has 7 N–H and O–H groups in total. The number of carbonyl (C=O) groups excluding carboxylic acids is 3. The van der Waals surface area contributed by atoms with Crippen molar-refractivity contribution in [1.82, 2.24) is 10.6 Å². The van der Waals surface area contributed by atoms with Crippen LogP contribution in [0.5, 0.6) is 0 Å². The van der Waals surface area contributed by atoms with E-state index in [2.05, 4.69) is 15.4 Å². The van der Waals surface area contributed by atoms with Gasteiger partial charge in [0.15, 0.2) is 0 Å². The third-order valence-electron chi connectivity index (χ3n) is 2.64. The van der Waals surface area contributed by atoms with Crippen molar-refractivity contribution in [2.24, 2.45) is 11.5 Å². The molecule has 12 nitrogen and oxygen atoms in total. The number of methoxy groups -OCH3 is 1. The third-order valence-corrected chi connectivity index (χ3v) is 2.64. The number of hydrogen-bond donors (Lipinski definition) is 5. The van der Waals surface area contributed by atoms with Gasteiger partial charge in [0.25, 0.3) is 0 Å². The van der Waals surface area contributed by atoms with Crippen LogP contribution >= 0.6 is 0 Å². The molecule has 0 radical (unpaired) electrons. The maximum Gasteiger partial charge on any atom is 0.408 e. The van der Waals surface area contributed by atoms with Crippen LogP contribution in [0.3, 0.4) is 0 Å². The summed E-state index contributed by atoms with van der Waals surface area (Å²) in [5, 5.41) is 13.0. The van der Waals surface area contributed by atoms with Crippen LogP contribution in [0, 0.1) is 0 Å². The van der Waals surface area contributed by atoms with Crippen molar-refractivity contribution in [2.75, 3.05) is 20.2 Å². The molecular formula is C20H44N4O8. The molecule has 2 unspecified atom stereocenters. The van der Waals surface area contributed by atoms with Crippen molar-refractivity contribution in [1.29, 1.82) is 0 Å². The number of carboxylic acids is 1. The quantitative estimate of drug-likeness (QED) is 0.282. The summed E-state index contributed by atoms with van der Waals surface area (Å²) in [6.07, 6.45) is -1.47. The van der Waals surface area contributed by atoms with E-state index < -0.39 is 47.4 Å². The number of esters is 1. The Bertz CT molecular complexity index is 557. The molecule has 0 aliphatic heterocycles. The van der Waals surface area contributed by atoms with Gasteiger partial charge in [0.2, 0.25) is 0 Å². The zero-order valence-electron chi connectivity index (χ0n) is 20.0. The average molecular weight is 469 g/mol. The van der Waals surface area contributed by atoms with Crippen LogP contribution in [0.25, 0.3) is 0 Å². The van der Waals surface area contributed by atoms with Gasteiger partial charge in [-0.1, -0.05) is 21.3 Å². The molecule has 0 aromatic heterocycles. The maximum absolute atomic E-state index is 11.3. The molecule has 12 heteroatoms. The molecule has 0 bridgehead atoms. The predicted molar refractivity (Wildman–Crippen MR) is 122 cm³/mol. The van der Waals surface area contributed by atoms with E-state index in [-0.39, 0.29) is 20.5 Å². The second-order valence-electron chi connectivity index (χ2n) is 7.73. The Morgan fingerprint density at radius 2 is 1.12 bits per heavy atom. The van der Waals surface area contributed by atoms with E-state index in [0.717, 1.165) is 0 Å². The van der Waals surface area contributed by atoms with Crippen molar-refractivity contribution < 1.29 is 38.5 Å². The van der Waals surface area contributed by atoms with Crippen molar-refractivity contribution in [3.8, 4) is 0 Å². The molecule has 0 fully saturated rings. The van der Waals surface area contributed by atoms with Crippen molar-refractivity contribution in [3.63, 3.8) is 0 Å². The summed E-state index contributed by atoms with van der Waals surface area (Å²) in [4.78, 5) is 43.9. The highest BCUT2D eigenvalue weighted by Gasteiger charge is 2.24. The zero-order valence-corrected chi connectivity index (χ0v) is 20.0. The highest BCUT2D eigenvalue weighted by atomic mass is 16.6. The molecule has 192 valence electrons. The van der Waals surface area contributed by atoms with Gasteiger partial charge in [0.1, 0.15) is 23.3 Å². The minimum absolute atomic E-state index is 0. The van der Waals surface area contributed by atoms with Gasteiger partial charge in [-0.05, 0) is 41.5 Å². The maximum atomic E-state index is 11.3. The Balaban J connectivity index is -0.000000221. The lowest BCUT2D eigenvalue weighted by molar-refractivity contribution is -0.143. The Morgan fingerprint density at radius 3 is 1.34 bits per heavy atom. The number of ether oxygens (including phenoxy) is 3. The summed E-state index contributed by atoms with van der Waals surface area (Å²) in [7, 11) is 1.22. The van der Waals surface area contributed by atoms with Crippen LogP contribution in [0.1, 0.15) is 62.8 Å². The first kappa shape index (κ1) is 36.8. The fraction of sp³-hybridized carbons (Fsp3) is 0.800. The molecule has 32 heavy (non-hydrogen) atoms. The lowest BCUT2D eigenvalue weighted by Gasteiger charge is -2.21. The van der Waals surface area contributed by atoms with Crippen LogP contribution in [-0.4, -0.2) is 72.7 Å². The fourth-order valence-corrected chi connectivity index (χ4v) is 1.48. The van der Waals surface area contributed by atoms with Gasteiger partial charge < -0.3 is 41.4 Å². The molecule has 2 amide bonds. The van der Waals surface area contributed by atoms with E-state index in [1.165, 1.54) is 7.11 Å². The van der Waals surface area contributed by atoms with Gasteiger partial charge in [-0.2, -0.15) is 0 Å². The minimum atomic E-state index is -1.18. The zero-order chi connectivity index (χ0) is 25.4. The Hall–Kier alpha value is -2.60.